The van der Waals surface area contributed by atoms with Crippen molar-refractivity contribution in [3.8, 4) is 0 Å². The predicted octanol–water partition coefficient (Wildman–Crippen LogP) is 3.72. The number of ether oxygens (including phenoxy) is 2. The summed E-state index contributed by atoms with van der Waals surface area (Å²) in [5.74, 6) is -1.69. The molecular weight excluding hydrogens is 482 g/mol. The van der Waals surface area contributed by atoms with E-state index in [1.165, 1.54) is 11.3 Å². The Balaban J connectivity index is 1.88. The normalized spacial score (nSPS) is 36.8. The zero-order chi connectivity index (χ0) is 27.0. The van der Waals surface area contributed by atoms with Crippen LogP contribution in [-0.2, 0) is 19.1 Å². The lowest BCUT2D eigenvalue weighted by Gasteiger charge is -2.34. The van der Waals surface area contributed by atoms with E-state index in [2.05, 4.69) is 0 Å². The first kappa shape index (κ1) is 28.8. The van der Waals surface area contributed by atoms with E-state index in [1.54, 1.807) is 39.2 Å². The fourth-order valence-corrected chi connectivity index (χ4v) is 5.79. The molecule has 9 heteroatoms. The van der Waals surface area contributed by atoms with Gasteiger partial charge in [0.25, 0.3) is 0 Å². The van der Waals surface area contributed by atoms with Gasteiger partial charge in [-0.3, -0.25) is 9.59 Å². The lowest BCUT2D eigenvalue weighted by atomic mass is 9.73. The number of aromatic nitrogens is 1. The number of ketones is 1. The number of carbonyl (C=O) groups is 2. The van der Waals surface area contributed by atoms with Crippen LogP contribution in [0.5, 0.6) is 0 Å². The van der Waals surface area contributed by atoms with Crippen molar-refractivity contribution in [3.63, 3.8) is 0 Å². The molecule has 36 heavy (non-hydrogen) atoms. The summed E-state index contributed by atoms with van der Waals surface area (Å²) in [5.41, 5.74) is -0.407. The van der Waals surface area contributed by atoms with Crippen molar-refractivity contribution in [2.75, 3.05) is 0 Å². The number of aliphatic hydroxyl groups excluding tert-OH is 2. The van der Waals surface area contributed by atoms with Crippen LogP contribution in [0.25, 0.3) is 6.08 Å². The highest BCUT2D eigenvalue weighted by atomic mass is 32.1. The monoisotopic (exact) mass is 523 g/mol. The Morgan fingerprint density at radius 3 is 2.53 bits per heavy atom. The van der Waals surface area contributed by atoms with Crippen LogP contribution < -0.4 is 4.73 Å². The van der Waals surface area contributed by atoms with Crippen LogP contribution >= 0.6 is 11.3 Å². The number of fused-ring (bicyclic) bond motifs is 1. The molecule has 0 aromatic carbocycles. The van der Waals surface area contributed by atoms with E-state index in [1.807, 2.05) is 20.8 Å². The lowest BCUT2D eigenvalue weighted by molar-refractivity contribution is -0.608. The second-order valence-corrected chi connectivity index (χ2v) is 12.5. The van der Waals surface area contributed by atoms with Gasteiger partial charge in [-0.05, 0) is 38.2 Å². The van der Waals surface area contributed by atoms with E-state index in [4.69, 9.17) is 9.47 Å². The summed E-state index contributed by atoms with van der Waals surface area (Å²) in [6, 6.07) is 0. The van der Waals surface area contributed by atoms with Crippen LogP contribution in [0.15, 0.2) is 11.0 Å². The van der Waals surface area contributed by atoms with Crippen LogP contribution in [-0.4, -0.2) is 52.0 Å². The third-order valence-electron chi connectivity index (χ3n) is 8.16. The first-order chi connectivity index (χ1) is 16.7. The number of Topliss-reactive ketones (excluding diaryl/α,β-unsaturated/α-hetero) is 1. The van der Waals surface area contributed by atoms with Crippen molar-refractivity contribution in [2.45, 2.75) is 111 Å². The van der Waals surface area contributed by atoms with Gasteiger partial charge in [-0.15, -0.1) is 0 Å². The summed E-state index contributed by atoms with van der Waals surface area (Å²) in [4.78, 5) is 26.2. The second kappa shape index (κ2) is 10.9. The third kappa shape index (κ3) is 6.18. The maximum absolute atomic E-state index is 13.2. The van der Waals surface area contributed by atoms with Crippen LogP contribution in [0.3, 0.4) is 0 Å². The van der Waals surface area contributed by atoms with Crippen molar-refractivity contribution in [2.24, 2.45) is 17.3 Å². The summed E-state index contributed by atoms with van der Waals surface area (Å²) in [6.45, 7) is 12.4. The molecule has 7 atom stereocenters. The average Bonchev–Trinajstić information content (AvgIpc) is 3.34. The zero-order valence-corrected chi connectivity index (χ0v) is 23.3. The zero-order valence-electron chi connectivity index (χ0n) is 22.4. The van der Waals surface area contributed by atoms with E-state index in [-0.39, 0.29) is 29.8 Å². The van der Waals surface area contributed by atoms with Crippen molar-refractivity contribution in [1.82, 2.24) is 0 Å². The molecule has 202 valence electrons. The van der Waals surface area contributed by atoms with Gasteiger partial charge < -0.3 is 24.9 Å². The number of aliphatic hydroxyl groups is 2. The molecule has 0 aliphatic carbocycles. The van der Waals surface area contributed by atoms with E-state index >= 15 is 0 Å². The molecule has 3 rings (SSSR count). The Morgan fingerprint density at radius 2 is 1.92 bits per heavy atom. The minimum absolute atomic E-state index is 0.0960. The fraction of sp³-hybridized carbons (Fsp3) is 0.741. The van der Waals surface area contributed by atoms with Crippen molar-refractivity contribution in [1.29, 1.82) is 0 Å². The summed E-state index contributed by atoms with van der Waals surface area (Å²) in [5, 5.41) is 36.4. The molecule has 8 nitrogen and oxygen atoms in total. The molecule has 0 radical (unpaired) electrons. The highest BCUT2D eigenvalue weighted by Crippen LogP contribution is 2.45. The third-order valence-corrected chi connectivity index (χ3v) is 9.03. The average molecular weight is 524 g/mol. The number of aryl methyl sites for hydroxylation is 1. The molecule has 0 amide bonds. The fourth-order valence-electron chi connectivity index (χ4n) is 5.14. The van der Waals surface area contributed by atoms with Gasteiger partial charge in [-0.2, -0.15) is 4.73 Å². The smallest absolute Gasteiger partial charge is 0.309 e. The number of cyclic esters (lactones) is 1. The first-order valence-electron chi connectivity index (χ1n) is 12.8. The molecule has 3 heterocycles. The summed E-state index contributed by atoms with van der Waals surface area (Å²) >= 11 is 1.35. The number of nitrogens with zero attached hydrogens (tertiary/aromatic N) is 1. The lowest BCUT2D eigenvalue weighted by Crippen LogP contribution is -2.45. The quantitative estimate of drug-likeness (QED) is 0.262. The molecule has 0 spiro atoms. The van der Waals surface area contributed by atoms with Gasteiger partial charge in [-0.25, -0.2) is 0 Å². The number of thiazole rings is 1. The van der Waals surface area contributed by atoms with Gasteiger partial charge in [0.2, 0.25) is 10.7 Å². The summed E-state index contributed by atoms with van der Waals surface area (Å²) in [7, 11) is 0. The summed E-state index contributed by atoms with van der Waals surface area (Å²) in [6.07, 6.45) is 1.29. The minimum Gasteiger partial charge on any atom is -0.617 e. The van der Waals surface area contributed by atoms with Gasteiger partial charge in [-0.1, -0.05) is 45.5 Å². The SMILES string of the molecule is C/C(=C\c1csc(C)[n+]1[O-])C1CC2OC2(C)CCCC(C)C(O)C(C)C(=O)C(C)(C)C(O)CC(=O)O1. The van der Waals surface area contributed by atoms with Gasteiger partial charge in [0.05, 0.1) is 41.1 Å². The van der Waals surface area contributed by atoms with E-state index < -0.39 is 35.6 Å². The van der Waals surface area contributed by atoms with Crippen LogP contribution in [0.4, 0.5) is 0 Å². The highest BCUT2D eigenvalue weighted by molar-refractivity contribution is 7.09. The van der Waals surface area contributed by atoms with Crippen LogP contribution in [0.2, 0.25) is 0 Å². The van der Waals surface area contributed by atoms with Crippen molar-refractivity contribution >= 4 is 29.2 Å². The highest BCUT2D eigenvalue weighted by Gasteiger charge is 2.53. The van der Waals surface area contributed by atoms with Crippen molar-refractivity contribution < 1.29 is 34.0 Å². The molecule has 2 fully saturated rings. The minimum atomic E-state index is -1.27. The van der Waals surface area contributed by atoms with E-state index in [0.717, 1.165) is 24.0 Å². The van der Waals surface area contributed by atoms with E-state index in [9.17, 15) is 25.0 Å². The standard InChI is InChI=1S/C27H41NO7S/c1-15-9-8-10-27(7)22(35-27)12-20(16(2)11-19-14-36-18(4)28(19)33)34-23(30)13-21(29)26(5,6)25(32)17(3)24(15)31/h11,14-15,17,20-22,24,29,31H,8-10,12-13H2,1-7H3/b16-11+. The van der Waals surface area contributed by atoms with Gasteiger partial charge >= 0.3 is 5.97 Å². The topological polar surface area (TPSA) is 123 Å². The largest absolute Gasteiger partial charge is 0.617 e. The van der Waals surface area contributed by atoms with Crippen molar-refractivity contribution in [3.05, 3.63) is 26.9 Å². The Bertz CT molecular complexity index is 1000. The number of hydrogen-bond acceptors (Lipinski definition) is 8. The Labute approximate surface area is 217 Å². The van der Waals surface area contributed by atoms with E-state index in [0.29, 0.717) is 22.7 Å². The number of carbonyl (C=O) groups excluding carboxylic acids is 2. The van der Waals surface area contributed by atoms with Crippen LogP contribution in [0, 0.1) is 29.4 Å². The number of hydrogen-bond donors (Lipinski definition) is 2. The van der Waals surface area contributed by atoms with Gasteiger partial charge in [0, 0.05) is 25.3 Å². The molecule has 7 unspecified atom stereocenters. The van der Waals surface area contributed by atoms with Gasteiger partial charge in [0.15, 0.2) is 0 Å². The molecule has 2 saturated heterocycles. The first-order valence-corrected chi connectivity index (χ1v) is 13.7. The van der Waals surface area contributed by atoms with Gasteiger partial charge in [0.1, 0.15) is 11.9 Å². The number of epoxide rings is 1. The van der Waals surface area contributed by atoms with Crippen LogP contribution in [0.1, 0.15) is 84.3 Å². The second-order valence-electron chi connectivity index (χ2n) is 11.5. The maximum atomic E-state index is 13.2. The number of rotatable bonds is 2. The number of esters is 1. The molecule has 2 aliphatic heterocycles. The molecule has 1 aromatic heterocycles. The Hall–Kier alpha value is -1.81. The summed E-state index contributed by atoms with van der Waals surface area (Å²) < 4.78 is 12.7. The molecule has 0 saturated carbocycles. The molecule has 0 bridgehead atoms. The predicted molar refractivity (Wildman–Crippen MR) is 137 cm³/mol. The Kier molecular flexibility index (Phi) is 8.70. The maximum Gasteiger partial charge on any atom is 0.309 e. The molecule has 2 aliphatic rings. The molecule has 1 aromatic rings. The molecule has 2 N–H and O–H groups in total. The molecular formula is C27H41NO7S. The Morgan fingerprint density at radius 1 is 1.25 bits per heavy atom.